The highest BCUT2D eigenvalue weighted by Gasteiger charge is 2.33. The fraction of sp³-hybridized carbons (Fsp3) is 0.310. The van der Waals surface area contributed by atoms with Crippen molar-refractivity contribution in [2.24, 2.45) is 5.92 Å². The summed E-state index contributed by atoms with van der Waals surface area (Å²) in [6, 6.07) is 20.9. The number of amides is 2. The minimum atomic E-state index is -3.83. The van der Waals surface area contributed by atoms with Crippen LogP contribution < -0.4 is 9.62 Å². The molecule has 0 unspecified atom stereocenters. The Balaban J connectivity index is 2.03. The molecule has 0 heterocycles. The zero-order chi connectivity index (χ0) is 28.6. The Morgan fingerprint density at radius 3 is 2.10 bits per heavy atom. The van der Waals surface area contributed by atoms with Crippen molar-refractivity contribution in [3.05, 3.63) is 99.4 Å². The van der Waals surface area contributed by atoms with Gasteiger partial charge in [0.25, 0.3) is 0 Å². The van der Waals surface area contributed by atoms with E-state index in [4.69, 9.17) is 0 Å². The van der Waals surface area contributed by atoms with Gasteiger partial charge < -0.3 is 10.2 Å². The molecule has 3 aromatic carbocycles. The molecule has 0 aliphatic rings. The van der Waals surface area contributed by atoms with E-state index in [1.165, 1.54) is 17.0 Å². The SMILES string of the molecule is CC(C)CNC(=O)[C@H](Cc1ccccc1)N(Cc1ccc(F)cc1)C(=O)CN(c1ccc(I)cc1)S(C)(=O)=O. The van der Waals surface area contributed by atoms with Crippen LogP contribution in [0.25, 0.3) is 0 Å². The molecule has 1 N–H and O–H groups in total. The van der Waals surface area contributed by atoms with Crippen LogP contribution in [0.5, 0.6) is 0 Å². The van der Waals surface area contributed by atoms with Crippen LogP contribution in [0.2, 0.25) is 0 Å². The molecule has 2 amide bonds. The number of carbonyl (C=O) groups is 2. The number of nitrogens with one attached hydrogen (secondary N) is 1. The predicted octanol–water partition coefficient (Wildman–Crippen LogP) is 4.61. The third-order valence-electron chi connectivity index (χ3n) is 6.02. The second-order valence-electron chi connectivity index (χ2n) is 9.74. The van der Waals surface area contributed by atoms with Crippen molar-refractivity contribution in [3.8, 4) is 0 Å². The first-order valence-electron chi connectivity index (χ1n) is 12.5. The van der Waals surface area contributed by atoms with Gasteiger partial charge >= 0.3 is 0 Å². The number of rotatable bonds is 12. The summed E-state index contributed by atoms with van der Waals surface area (Å²) in [6.07, 6.45) is 1.26. The van der Waals surface area contributed by atoms with Crippen molar-refractivity contribution in [3.63, 3.8) is 0 Å². The van der Waals surface area contributed by atoms with Crippen molar-refractivity contribution >= 4 is 50.1 Å². The van der Waals surface area contributed by atoms with Crippen LogP contribution in [0.1, 0.15) is 25.0 Å². The van der Waals surface area contributed by atoms with Gasteiger partial charge in [0, 0.05) is 23.1 Å². The van der Waals surface area contributed by atoms with Crippen LogP contribution in [0.3, 0.4) is 0 Å². The molecule has 1 atom stereocenters. The lowest BCUT2D eigenvalue weighted by Crippen LogP contribution is -2.53. The van der Waals surface area contributed by atoms with Gasteiger partial charge in [-0.3, -0.25) is 13.9 Å². The maximum Gasteiger partial charge on any atom is 0.244 e. The van der Waals surface area contributed by atoms with Crippen LogP contribution in [-0.2, 0) is 32.6 Å². The lowest BCUT2D eigenvalue weighted by Gasteiger charge is -2.33. The number of sulfonamides is 1. The van der Waals surface area contributed by atoms with E-state index in [1.54, 1.807) is 36.4 Å². The lowest BCUT2D eigenvalue weighted by molar-refractivity contribution is -0.140. The number of anilines is 1. The molecular weight excluding hydrogens is 632 g/mol. The number of carbonyl (C=O) groups excluding carboxylic acids is 2. The molecule has 0 aromatic heterocycles. The Morgan fingerprint density at radius 1 is 0.923 bits per heavy atom. The molecule has 0 spiro atoms. The summed E-state index contributed by atoms with van der Waals surface area (Å²) in [7, 11) is -3.83. The summed E-state index contributed by atoms with van der Waals surface area (Å²) in [5.41, 5.74) is 1.80. The Hall–Kier alpha value is -2.99. The van der Waals surface area contributed by atoms with Gasteiger partial charge in [-0.15, -0.1) is 0 Å². The molecule has 0 aliphatic heterocycles. The summed E-state index contributed by atoms with van der Waals surface area (Å²) in [5.74, 6) is -1.13. The van der Waals surface area contributed by atoms with Gasteiger partial charge in [-0.05, 0) is 76.0 Å². The van der Waals surface area contributed by atoms with Crippen molar-refractivity contribution in [1.82, 2.24) is 10.2 Å². The average molecular weight is 666 g/mol. The second kappa shape index (κ2) is 13.9. The van der Waals surface area contributed by atoms with E-state index < -0.39 is 34.3 Å². The van der Waals surface area contributed by atoms with E-state index in [0.29, 0.717) is 17.8 Å². The molecule has 0 radical (unpaired) electrons. The molecule has 7 nitrogen and oxygen atoms in total. The molecule has 3 aromatic rings. The molecule has 10 heteroatoms. The zero-order valence-corrected chi connectivity index (χ0v) is 25.2. The molecule has 0 saturated carbocycles. The molecule has 208 valence electrons. The first-order valence-corrected chi connectivity index (χ1v) is 15.5. The first kappa shape index (κ1) is 30.6. The van der Waals surface area contributed by atoms with Gasteiger partial charge in [-0.1, -0.05) is 56.3 Å². The Kier molecular flexibility index (Phi) is 10.9. The van der Waals surface area contributed by atoms with Gasteiger partial charge in [0.05, 0.1) is 11.9 Å². The van der Waals surface area contributed by atoms with Gasteiger partial charge in [0.2, 0.25) is 21.8 Å². The van der Waals surface area contributed by atoms with Gasteiger partial charge in [0.15, 0.2) is 0 Å². The number of nitrogens with zero attached hydrogens (tertiary/aromatic N) is 2. The van der Waals surface area contributed by atoms with Crippen molar-refractivity contribution in [1.29, 1.82) is 0 Å². The average Bonchev–Trinajstić information content (AvgIpc) is 2.89. The normalized spacial score (nSPS) is 12.2. The summed E-state index contributed by atoms with van der Waals surface area (Å²) >= 11 is 2.12. The number of benzene rings is 3. The maximum atomic E-state index is 14.0. The standard InChI is InChI=1S/C29H33FIN3O4S/c1-21(2)18-32-29(36)27(17-22-7-5-4-6-8-22)33(19-23-9-11-24(30)12-10-23)28(35)20-34(39(3,37)38)26-15-13-25(31)14-16-26/h4-16,21,27H,17-20H2,1-3H3,(H,32,36)/t27-/m0/s1. The molecule has 0 bridgehead atoms. The van der Waals surface area contributed by atoms with Crippen molar-refractivity contribution in [2.75, 3.05) is 23.7 Å². The van der Waals surface area contributed by atoms with Gasteiger partial charge in [-0.2, -0.15) is 0 Å². The Morgan fingerprint density at radius 2 is 1.54 bits per heavy atom. The highest BCUT2D eigenvalue weighted by Crippen LogP contribution is 2.21. The quantitative estimate of drug-likeness (QED) is 0.287. The summed E-state index contributed by atoms with van der Waals surface area (Å²) < 4.78 is 41.1. The Labute approximate surface area is 243 Å². The smallest absolute Gasteiger partial charge is 0.244 e. The zero-order valence-electron chi connectivity index (χ0n) is 22.2. The predicted molar refractivity (Wildman–Crippen MR) is 160 cm³/mol. The number of hydrogen-bond acceptors (Lipinski definition) is 4. The summed E-state index contributed by atoms with van der Waals surface area (Å²) in [5, 5.41) is 2.93. The maximum absolute atomic E-state index is 14.0. The molecule has 39 heavy (non-hydrogen) atoms. The molecular formula is C29H33FIN3O4S. The third-order valence-corrected chi connectivity index (χ3v) is 7.88. The van der Waals surface area contributed by atoms with Crippen LogP contribution in [-0.4, -0.2) is 50.5 Å². The molecule has 3 rings (SSSR count). The van der Waals surface area contributed by atoms with Crippen LogP contribution in [0.4, 0.5) is 10.1 Å². The fourth-order valence-electron chi connectivity index (χ4n) is 3.98. The lowest BCUT2D eigenvalue weighted by atomic mass is 10.0. The highest BCUT2D eigenvalue weighted by atomic mass is 127. The minimum Gasteiger partial charge on any atom is -0.354 e. The monoisotopic (exact) mass is 665 g/mol. The Bertz CT molecular complexity index is 1350. The van der Waals surface area contributed by atoms with E-state index >= 15 is 0 Å². The molecule has 0 fully saturated rings. The third kappa shape index (κ3) is 9.31. The minimum absolute atomic E-state index is 0.00397. The fourth-order valence-corrected chi connectivity index (χ4v) is 5.19. The topological polar surface area (TPSA) is 86.8 Å². The van der Waals surface area contributed by atoms with Gasteiger partial charge in [-0.25, -0.2) is 12.8 Å². The molecule has 0 aliphatic carbocycles. The van der Waals surface area contributed by atoms with Crippen molar-refractivity contribution < 1.29 is 22.4 Å². The highest BCUT2D eigenvalue weighted by molar-refractivity contribution is 14.1. The second-order valence-corrected chi connectivity index (χ2v) is 12.9. The van der Waals surface area contributed by atoms with Gasteiger partial charge in [0.1, 0.15) is 18.4 Å². The van der Waals surface area contributed by atoms with E-state index in [0.717, 1.165) is 19.7 Å². The van der Waals surface area contributed by atoms with Crippen molar-refractivity contribution in [2.45, 2.75) is 32.9 Å². The van der Waals surface area contributed by atoms with E-state index in [2.05, 4.69) is 27.9 Å². The first-order chi connectivity index (χ1) is 18.4. The summed E-state index contributed by atoms with van der Waals surface area (Å²) in [4.78, 5) is 28.9. The molecule has 0 saturated heterocycles. The van der Waals surface area contributed by atoms with E-state index in [1.807, 2.05) is 44.2 Å². The summed E-state index contributed by atoms with van der Waals surface area (Å²) in [6.45, 7) is 3.86. The largest absolute Gasteiger partial charge is 0.354 e. The number of hydrogen-bond donors (Lipinski definition) is 1. The van der Waals surface area contributed by atoms with Crippen LogP contribution in [0, 0.1) is 15.3 Å². The van der Waals surface area contributed by atoms with E-state index in [-0.39, 0.29) is 24.8 Å². The number of halogens is 2. The van der Waals surface area contributed by atoms with E-state index in [9.17, 15) is 22.4 Å². The van der Waals surface area contributed by atoms with Crippen LogP contribution in [0.15, 0.2) is 78.9 Å². The van der Waals surface area contributed by atoms with Crippen LogP contribution >= 0.6 is 22.6 Å².